The van der Waals surface area contributed by atoms with Gasteiger partial charge in [0.2, 0.25) is 0 Å². The molecular formula is C14H17N3O2. The highest BCUT2D eigenvalue weighted by molar-refractivity contribution is 5.94. The second-order valence-electron chi connectivity index (χ2n) is 4.35. The van der Waals surface area contributed by atoms with Crippen LogP contribution < -0.4 is 10.1 Å². The minimum Gasteiger partial charge on any atom is -0.496 e. The number of benzene rings is 1. The zero-order chi connectivity index (χ0) is 13.8. The number of amides is 1. The lowest BCUT2D eigenvalue weighted by Gasteiger charge is -2.12. The molecule has 0 saturated carbocycles. The normalized spacial score (nSPS) is 11.9. The summed E-state index contributed by atoms with van der Waals surface area (Å²) in [6, 6.07) is 5.21. The Balaban J connectivity index is 2.12. The quantitative estimate of drug-likeness (QED) is 0.884. The average molecular weight is 259 g/mol. The summed E-state index contributed by atoms with van der Waals surface area (Å²) in [5, 5.41) is 2.88. The van der Waals surface area contributed by atoms with Crippen molar-refractivity contribution in [3.05, 3.63) is 47.5 Å². The number of hydrogen-bond donors (Lipinski definition) is 2. The first-order valence-corrected chi connectivity index (χ1v) is 6.06. The van der Waals surface area contributed by atoms with E-state index >= 15 is 0 Å². The molecule has 1 unspecified atom stereocenters. The zero-order valence-electron chi connectivity index (χ0n) is 11.2. The number of aromatic amines is 1. The molecule has 2 aromatic rings. The summed E-state index contributed by atoms with van der Waals surface area (Å²) in [5.74, 6) is 1.29. The van der Waals surface area contributed by atoms with Crippen molar-refractivity contribution < 1.29 is 9.53 Å². The van der Waals surface area contributed by atoms with Crippen LogP contribution in [0.25, 0.3) is 0 Å². The van der Waals surface area contributed by atoms with Gasteiger partial charge >= 0.3 is 0 Å². The number of ether oxygens (including phenoxy) is 1. The number of carbonyl (C=O) groups excluding carboxylic acids is 1. The molecular weight excluding hydrogens is 242 g/mol. The lowest BCUT2D eigenvalue weighted by atomic mass is 10.1. The third kappa shape index (κ3) is 2.93. The first kappa shape index (κ1) is 13.1. The predicted octanol–water partition coefficient (Wildman–Crippen LogP) is 2.22. The number of nitrogens with zero attached hydrogens (tertiary/aromatic N) is 1. The van der Waals surface area contributed by atoms with Crippen LogP contribution in [0.3, 0.4) is 0 Å². The highest BCUT2D eigenvalue weighted by atomic mass is 16.5. The molecule has 0 saturated heterocycles. The van der Waals surface area contributed by atoms with Crippen LogP contribution in [0.4, 0.5) is 0 Å². The Kier molecular flexibility index (Phi) is 3.85. The molecule has 0 radical (unpaired) electrons. The summed E-state index contributed by atoms with van der Waals surface area (Å²) in [7, 11) is 1.59. The molecule has 2 N–H and O–H groups in total. The van der Waals surface area contributed by atoms with E-state index < -0.39 is 0 Å². The third-order valence-electron chi connectivity index (χ3n) is 2.95. The van der Waals surface area contributed by atoms with Crippen LogP contribution >= 0.6 is 0 Å². The molecule has 0 aliphatic carbocycles. The number of aromatic nitrogens is 2. The molecule has 0 aliphatic heterocycles. The van der Waals surface area contributed by atoms with Crippen LogP contribution in [0, 0.1) is 6.92 Å². The van der Waals surface area contributed by atoms with Crippen LogP contribution in [0.5, 0.6) is 5.75 Å². The average Bonchev–Trinajstić information content (AvgIpc) is 2.93. The largest absolute Gasteiger partial charge is 0.496 e. The second kappa shape index (κ2) is 5.56. The smallest absolute Gasteiger partial charge is 0.251 e. The van der Waals surface area contributed by atoms with Gasteiger partial charge in [-0.3, -0.25) is 4.79 Å². The lowest BCUT2D eigenvalue weighted by Crippen LogP contribution is -2.27. The molecule has 1 aromatic heterocycles. The van der Waals surface area contributed by atoms with Gasteiger partial charge in [-0.15, -0.1) is 0 Å². The van der Waals surface area contributed by atoms with Gasteiger partial charge in [0.1, 0.15) is 11.6 Å². The molecule has 0 bridgehead atoms. The third-order valence-corrected chi connectivity index (χ3v) is 2.95. The number of imidazole rings is 1. The number of rotatable bonds is 4. The summed E-state index contributed by atoms with van der Waals surface area (Å²) in [6.07, 6.45) is 3.39. The highest BCUT2D eigenvalue weighted by Crippen LogP contribution is 2.19. The molecule has 100 valence electrons. The molecule has 0 fully saturated rings. The number of hydrogen-bond acceptors (Lipinski definition) is 3. The number of methoxy groups -OCH3 is 1. The van der Waals surface area contributed by atoms with E-state index in [2.05, 4.69) is 15.3 Å². The fraction of sp³-hybridized carbons (Fsp3) is 0.286. The van der Waals surface area contributed by atoms with Crippen LogP contribution in [-0.4, -0.2) is 23.0 Å². The van der Waals surface area contributed by atoms with Gasteiger partial charge in [-0.25, -0.2) is 4.98 Å². The van der Waals surface area contributed by atoms with Crippen LogP contribution in [0.1, 0.15) is 34.7 Å². The maximum absolute atomic E-state index is 12.1. The summed E-state index contributed by atoms with van der Waals surface area (Å²) in [4.78, 5) is 19.2. The molecule has 1 heterocycles. The van der Waals surface area contributed by atoms with Crippen molar-refractivity contribution in [3.8, 4) is 5.75 Å². The zero-order valence-corrected chi connectivity index (χ0v) is 11.2. The first-order chi connectivity index (χ1) is 9.11. The fourth-order valence-corrected chi connectivity index (χ4v) is 1.82. The lowest BCUT2D eigenvalue weighted by molar-refractivity contribution is 0.0938. The maximum Gasteiger partial charge on any atom is 0.251 e. The molecule has 0 aliphatic rings. The number of carbonyl (C=O) groups is 1. The maximum atomic E-state index is 12.1. The number of H-pyrrole nitrogens is 1. The molecule has 0 spiro atoms. The fourth-order valence-electron chi connectivity index (χ4n) is 1.82. The summed E-state index contributed by atoms with van der Waals surface area (Å²) >= 11 is 0. The van der Waals surface area contributed by atoms with Crippen molar-refractivity contribution in [2.24, 2.45) is 0 Å². The van der Waals surface area contributed by atoms with E-state index in [0.29, 0.717) is 11.3 Å². The van der Waals surface area contributed by atoms with Crippen LogP contribution in [-0.2, 0) is 0 Å². The summed E-state index contributed by atoms with van der Waals surface area (Å²) in [6.45, 7) is 3.81. The standard InChI is InChI=1S/C14H17N3O2/c1-9-4-5-11(8-12(9)19-3)14(18)17-10(2)13-15-6-7-16-13/h4-8,10H,1-3H3,(H,15,16)(H,17,18). The van der Waals surface area contributed by atoms with Crippen molar-refractivity contribution in [1.29, 1.82) is 0 Å². The molecule has 5 heteroatoms. The van der Waals surface area contributed by atoms with Crippen molar-refractivity contribution in [2.45, 2.75) is 19.9 Å². The topological polar surface area (TPSA) is 67.0 Å². The predicted molar refractivity (Wildman–Crippen MR) is 72.2 cm³/mol. The molecule has 5 nitrogen and oxygen atoms in total. The van der Waals surface area contributed by atoms with Gasteiger partial charge in [-0.2, -0.15) is 0 Å². The Hall–Kier alpha value is -2.30. The Bertz CT molecular complexity index is 564. The van der Waals surface area contributed by atoms with Crippen molar-refractivity contribution in [3.63, 3.8) is 0 Å². The van der Waals surface area contributed by atoms with E-state index in [-0.39, 0.29) is 11.9 Å². The van der Waals surface area contributed by atoms with Gasteiger partial charge in [-0.05, 0) is 31.5 Å². The van der Waals surface area contributed by atoms with Gasteiger partial charge in [0.05, 0.1) is 13.2 Å². The summed E-state index contributed by atoms with van der Waals surface area (Å²) < 4.78 is 5.21. The van der Waals surface area contributed by atoms with Crippen molar-refractivity contribution >= 4 is 5.91 Å². The Labute approximate surface area is 112 Å². The van der Waals surface area contributed by atoms with E-state index in [1.165, 1.54) is 0 Å². The summed E-state index contributed by atoms with van der Waals surface area (Å²) in [5.41, 5.74) is 1.57. The number of nitrogens with one attached hydrogen (secondary N) is 2. The Morgan fingerprint density at radius 3 is 2.89 bits per heavy atom. The van der Waals surface area contributed by atoms with Gasteiger partial charge in [0.15, 0.2) is 0 Å². The van der Waals surface area contributed by atoms with E-state index in [1.54, 1.807) is 31.6 Å². The molecule has 1 atom stereocenters. The molecule has 1 amide bonds. The van der Waals surface area contributed by atoms with Gasteiger partial charge in [-0.1, -0.05) is 6.07 Å². The highest BCUT2D eigenvalue weighted by Gasteiger charge is 2.14. The number of aryl methyl sites for hydroxylation is 1. The minimum absolute atomic E-state index is 0.151. The van der Waals surface area contributed by atoms with Gasteiger partial charge in [0.25, 0.3) is 5.91 Å². The van der Waals surface area contributed by atoms with E-state index in [1.807, 2.05) is 19.9 Å². The van der Waals surface area contributed by atoms with E-state index in [4.69, 9.17) is 4.74 Å². The van der Waals surface area contributed by atoms with E-state index in [9.17, 15) is 4.79 Å². The SMILES string of the molecule is COc1cc(C(=O)NC(C)c2ncc[nH]2)ccc1C. The van der Waals surface area contributed by atoms with Crippen molar-refractivity contribution in [1.82, 2.24) is 15.3 Å². The first-order valence-electron chi connectivity index (χ1n) is 6.06. The Morgan fingerprint density at radius 2 is 2.26 bits per heavy atom. The van der Waals surface area contributed by atoms with Crippen LogP contribution in [0.2, 0.25) is 0 Å². The van der Waals surface area contributed by atoms with E-state index in [0.717, 1.165) is 11.4 Å². The monoisotopic (exact) mass is 259 g/mol. The van der Waals surface area contributed by atoms with Crippen molar-refractivity contribution in [2.75, 3.05) is 7.11 Å². The molecule has 19 heavy (non-hydrogen) atoms. The molecule has 2 rings (SSSR count). The van der Waals surface area contributed by atoms with Gasteiger partial charge in [0, 0.05) is 18.0 Å². The molecule has 1 aromatic carbocycles. The minimum atomic E-state index is -0.171. The van der Waals surface area contributed by atoms with Crippen LogP contribution in [0.15, 0.2) is 30.6 Å². The van der Waals surface area contributed by atoms with Gasteiger partial charge < -0.3 is 15.0 Å². The second-order valence-corrected chi connectivity index (χ2v) is 4.35. The Morgan fingerprint density at radius 1 is 1.47 bits per heavy atom.